The van der Waals surface area contributed by atoms with Crippen LogP contribution in [0.3, 0.4) is 0 Å². The first-order chi connectivity index (χ1) is 6.97. The standard InChI is InChI=1S/C9H12ClN.C3H9N/c1-3-11(2)9-6-4-8(10)5-7-9;1-4(2)3/h4-7H,3H2,1-2H3;1-3H3. The predicted molar refractivity (Wildman–Crippen MR) is 70.0 cm³/mol. The lowest BCUT2D eigenvalue weighted by atomic mass is 10.3. The molecule has 0 bridgehead atoms. The van der Waals surface area contributed by atoms with Gasteiger partial charge in [-0.05, 0) is 52.3 Å². The van der Waals surface area contributed by atoms with Gasteiger partial charge in [-0.15, -0.1) is 0 Å². The molecule has 3 heteroatoms. The van der Waals surface area contributed by atoms with Gasteiger partial charge in [-0.2, -0.15) is 0 Å². The predicted octanol–water partition coefficient (Wildman–Crippen LogP) is 2.97. The number of hydrogen-bond acceptors (Lipinski definition) is 2. The molecule has 0 saturated carbocycles. The van der Waals surface area contributed by atoms with E-state index in [2.05, 4.69) is 18.9 Å². The molecule has 1 aromatic rings. The van der Waals surface area contributed by atoms with Gasteiger partial charge in [0.15, 0.2) is 0 Å². The van der Waals surface area contributed by atoms with Crippen molar-refractivity contribution in [3.63, 3.8) is 0 Å². The van der Waals surface area contributed by atoms with Crippen molar-refractivity contribution in [1.29, 1.82) is 0 Å². The highest BCUT2D eigenvalue weighted by atomic mass is 35.5. The molecule has 0 amide bonds. The van der Waals surface area contributed by atoms with E-state index in [4.69, 9.17) is 11.6 Å². The quantitative estimate of drug-likeness (QED) is 0.768. The fourth-order valence-corrected chi connectivity index (χ4v) is 1.00. The van der Waals surface area contributed by atoms with Gasteiger partial charge in [0.2, 0.25) is 0 Å². The lowest BCUT2D eigenvalue weighted by Crippen LogP contribution is -2.15. The van der Waals surface area contributed by atoms with E-state index in [0.29, 0.717) is 0 Å². The first-order valence-corrected chi connectivity index (χ1v) is 5.42. The van der Waals surface area contributed by atoms with Gasteiger partial charge in [-0.25, -0.2) is 0 Å². The summed E-state index contributed by atoms with van der Waals surface area (Å²) < 4.78 is 0. The largest absolute Gasteiger partial charge is 0.375 e. The second kappa shape index (κ2) is 7.55. The van der Waals surface area contributed by atoms with Crippen LogP contribution in [0.2, 0.25) is 5.02 Å². The third-order valence-electron chi connectivity index (χ3n) is 1.74. The second-order valence-electron chi connectivity index (χ2n) is 3.83. The Hall–Kier alpha value is -0.730. The smallest absolute Gasteiger partial charge is 0.0407 e. The van der Waals surface area contributed by atoms with Crippen LogP contribution < -0.4 is 4.90 Å². The Morgan fingerprint density at radius 3 is 1.73 bits per heavy atom. The Balaban J connectivity index is 0.000000423. The summed E-state index contributed by atoms with van der Waals surface area (Å²) in [6.07, 6.45) is 0. The summed E-state index contributed by atoms with van der Waals surface area (Å²) in [6.45, 7) is 3.14. The minimum absolute atomic E-state index is 0.790. The number of hydrogen-bond donors (Lipinski definition) is 0. The molecule has 0 fully saturated rings. The van der Waals surface area contributed by atoms with E-state index in [1.54, 1.807) is 0 Å². The Morgan fingerprint density at radius 2 is 1.40 bits per heavy atom. The van der Waals surface area contributed by atoms with Gasteiger partial charge in [-0.3, -0.25) is 0 Å². The zero-order valence-corrected chi connectivity index (χ0v) is 11.0. The molecular formula is C12H21ClN2. The van der Waals surface area contributed by atoms with Gasteiger partial charge < -0.3 is 9.80 Å². The van der Waals surface area contributed by atoms with E-state index in [9.17, 15) is 0 Å². The van der Waals surface area contributed by atoms with Crippen LogP contribution in [0.5, 0.6) is 0 Å². The highest BCUT2D eigenvalue weighted by molar-refractivity contribution is 6.30. The SMILES string of the molecule is CCN(C)c1ccc(Cl)cc1.CN(C)C. The summed E-state index contributed by atoms with van der Waals surface area (Å²) in [5, 5.41) is 0.790. The highest BCUT2D eigenvalue weighted by Gasteiger charge is 1.95. The summed E-state index contributed by atoms with van der Waals surface area (Å²) in [6, 6.07) is 7.85. The van der Waals surface area contributed by atoms with E-state index in [1.807, 2.05) is 50.3 Å². The lowest BCUT2D eigenvalue weighted by molar-refractivity contribution is 0.505. The number of halogens is 1. The molecule has 0 aliphatic heterocycles. The highest BCUT2D eigenvalue weighted by Crippen LogP contribution is 2.15. The van der Waals surface area contributed by atoms with Crippen molar-refractivity contribution in [1.82, 2.24) is 4.90 Å². The van der Waals surface area contributed by atoms with Gasteiger partial charge >= 0.3 is 0 Å². The summed E-state index contributed by atoms with van der Waals surface area (Å²) in [4.78, 5) is 4.16. The first-order valence-electron chi connectivity index (χ1n) is 5.05. The van der Waals surface area contributed by atoms with Crippen molar-refractivity contribution in [2.45, 2.75) is 6.92 Å². The minimum atomic E-state index is 0.790. The third-order valence-corrected chi connectivity index (χ3v) is 1.99. The maximum atomic E-state index is 5.74. The molecule has 1 rings (SSSR count). The fraction of sp³-hybridized carbons (Fsp3) is 0.500. The summed E-state index contributed by atoms with van der Waals surface area (Å²) in [5.41, 5.74) is 1.21. The van der Waals surface area contributed by atoms with Crippen LogP contribution in [0.1, 0.15) is 6.92 Å². The van der Waals surface area contributed by atoms with Crippen LogP contribution in [0.15, 0.2) is 24.3 Å². The van der Waals surface area contributed by atoms with Gasteiger partial charge in [0.25, 0.3) is 0 Å². The molecule has 0 aliphatic rings. The number of rotatable bonds is 2. The number of benzene rings is 1. The topological polar surface area (TPSA) is 6.48 Å². The van der Waals surface area contributed by atoms with Crippen LogP contribution in [-0.4, -0.2) is 39.6 Å². The van der Waals surface area contributed by atoms with E-state index >= 15 is 0 Å². The summed E-state index contributed by atoms with van der Waals surface area (Å²) >= 11 is 5.74. The van der Waals surface area contributed by atoms with Crippen LogP contribution >= 0.6 is 11.6 Å². The zero-order chi connectivity index (χ0) is 11.8. The van der Waals surface area contributed by atoms with Crippen LogP contribution in [0.25, 0.3) is 0 Å². The van der Waals surface area contributed by atoms with E-state index in [1.165, 1.54) is 5.69 Å². The molecule has 0 aliphatic carbocycles. The van der Waals surface area contributed by atoms with Crippen LogP contribution in [-0.2, 0) is 0 Å². The van der Waals surface area contributed by atoms with Crippen molar-refractivity contribution in [2.75, 3.05) is 39.6 Å². The molecule has 0 unspecified atom stereocenters. The summed E-state index contributed by atoms with van der Waals surface area (Å²) in [5.74, 6) is 0. The average molecular weight is 229 g/mol. The van der Waals surface area contributed by atoms with Crippen molar-refractivity contribution >= 4 is 17.3 Å². The monoisotopic (exact) mass is 228 g/mol. The van der Waals surface area contributed by atoms with Crippen molar-refractivity contribution in [3.05, 3.63) is 29.3 Å². The first kappa shape index (κ1) is 14.3. The zero-order valence-electron chi connectivity index (χ0n) is 10.3. The van der Waals surface area contributed by atoms with Gasteiger partial charge in [-0.1, -0.05) is 11.6 Å². The minimum Gasteiger partial charge on any atom is -0.375 e. The van der Waals surface area contributed by atoms with Gasteiger partial charge in [0, 0.05) is 24.3 Å². The Morgan fingerprint density at radius 1 is 1.00 bits per heavy atom. The molecule has 0 heterocycles. The average Bonchev–Trinajstić information content (AvgIpc) is 2.17. The lowest BCUT2D eigenvalue weighted by Gasteiger charge is -2.16. The van der Waals surface area contributed by atoms with E-state index < -0.39 is 0 Å². The molecular weight excluding hydrogens is 208 g/mol. The normalized spacial score (nSPS) is 9.53. The molecule has 86 valence electrons. The van der Waals surface area contributed by atoms with E-state index in [-0.39, 0.29) is 0 Å². The molecule has 0 spiro atoms. The Labute approximate surface area is 98.4 Å². The van der Waals surface area contributed by atoms with E-state index in [0.717, 1.165) is 11.6 Å². The molecule has 0 saturated heterocycles. The summed E-state index contributed by atoms with van der Waals surface area (Å²) in [7, 11) is 8.06. The molecule has 0 atom stereocenters. The maximum absolute atomic E-state index is 5.74. The van der Waals surface area contributed by atoms with Crippen LogP contribution in [0, 0.1) is 0 Å². The van der Waals surface area contributed by atoms with Crippen molar-refractivity contribution in [3.8, 4) is 0 Å². The second-order valence-corrected chi connectivity index (χ2v) is 4.27. The Kier molecular flexibility index (Phi) is 7.18. The van der Waals surface area contributed by atoms with Gasteiger partial charge in [0.05, 0.1) is 0 Å². The fourth-order valence-electron chi connectivity index (χ4n) is 0.878. The maximum Gasteiger partial charge on any atom is 0.0407 e. The third kappa shape index (κ3) is 7.23. The number of nitrogens with zero attached hydrogens (tertiary/aromatic N) is 2. The molecule has 0 radical (unpaired) electrons. The Bertz CT molecular complexity index is 254. The van der Waals surface area contributed by atoms with Crippen LogP contribution in [0.4, 0.5) is 5.69 Å². The molecule has 1 aromatic carbocycles. The molecule has 2 nitrogen and oxygen atoms in total. The molecule has 0 N–H and O–H groups in total. The van der Waals surface area contributed by atoms with Crippen molar-refractivity contribution < 1.29 is 0 Å². The molecule has 0 aromatic heterocycles. The van der Waals surface area contributed by atoms with Gasteiger partial charge in [0.1, 0.15) is 0 Å². The van der Waals surface area contributed by atoms with Crippen molar-refractivity contribution in [2.24, 2.45) is 0 Å². The molecule has 15 heavy (non-hydrogen) atoms. The number of anilines is 1.